The fourth-order valence-corrected chi connectivity index (χ4v) is 2.90. The molecule has 1 aliphatic rings. The third kappa shape index (κ3) is 3.30. The van der Waals surface area contributed by atoms with Crippen LogP contribution in [0.3, 0.4) is 0 Å². The van der Waals surface area contributed by atoms with Gasteiger partial charge in [0.25, 0.3) is 0 Å². The normalized spacial score (nSPS) is 14.3. The Balaban J connectivity index is 1.75. The van der Waals surface area contributed by atoms with Crippen molar-refractivity contribution in [1.82, 2.24) is 14.8 Å². The van der Waals surface area contributed by atoms with Crippen LogP contribution in [0.2, 0.25) is 0 Å². The van der Waals surface area contributed by atoms with E-state index in [0.29, 0.717) is 19.2 Å². The lowest BCUT2D eigenvalue weighted by Crippen LogP contribution is -2.38. The van der Waals surface area contributed by atoms with Gasteiger partial charge in [-0.05, 0) is 56.4 Å². The molecule has 0 amide bonds. The van der Waals surface area contributed by atoms with Gasteiger partial charge in [-0.15, -0.1) is 16.8 Å². The van der Waals surface area contributed by atoms with Crippen molar-refractivity contribution in [2.75, 3.05) is 11.9 Å². The quantitative estimate of drug-likeness (QED) is 0.729. The molecule has 3 rings (SSSR count). The molecule has 0 saturated heterocycles. The summed E-state index contributed by atoms with van der Waals surface area (Å²) in [6.07, 6.45) is 5.63. The van der Waals surface area contributed by atoms with Crippen LogP contribution in [0.5, 0.6) is 5.75 Å². The first-order chi connectivity index (χ1) is 11.6. The van der Waals surface area contributed by atoms with Crippen LogP contribution in [-0.2, 0) is 13.2 Å². The Morgan fingerprint density at radius 2 is 2.08 bits per heavy atom. The maximum absolute atomic E-state index is 5.93. The Hall–Kier alpha value is -2.30. The Bertz CT molecular complexity index is 718. The molecule has 0 spiro atoms. The van der Waals surface area contributed by atoms with Gasteiger partial charge in [0.15, 0.2) is 5.82 Å². The lowest BCUT2D eigenvalue weighted by atomic mass is 9.92. The van der Waals surface area contributed by atoms with Crippen molar-refractivity contribution in [2.45, 2.75) is 52.3 Å². The molecule has 0 radical (unpaired) electrons. The van der Waals surface area contributed by atoms with Crippen molar-refractivity contribution in [2.24, 2.45) is 0 Å². The molecule has 0 aliphatic heterocycles. The first-order valence-electron chi connectivity index (χ1n) is 8.56. The lowest BCUT2D eigenvalue weighted by Gasteiger charge is -2.35. The number of aryl methyl sites for hydroxylation is 2. The van der Waals surface area contributed by atoms with Crippen molar-refractivity contribution in [3.05, 3.63) is 47.8 Å². The number of ether oxygens (including phenoxy) is 1. The Kier molecular flexibility index (Phi) is 4.88. The van der Waals surface area contributed by atoms with Crippen molar-refractivity contribution in [3.8, 4) is 5.75 Å². The van der Waals surface area contributed by atoms with Gasteiger partial charge in [-0.1, -0.05) is 12.1 Å². The SMILES string of the molecule is C=CCn1c(COc2ccc(C)c(C)c2)nnc1N(C)C1CCC1. The van der Waals surface area contributed by atoms with Crippen LogP contribution >= 0.6 is 0 Å². The van der Waals surface area contributed by atoms with Crippen LogP contribution in [0.25, 0.3) is 0 Å². The summed E-state index contributed by atoms with van der Waals surface area (Å²) in [7, 11) is 2.10. The van der Waals surface area contributed by atoms with Gasteiger partial charge >= 0.3 is 0 Å². The molecular weight excluding hydrogens is 300 g/mol. The zero-order valence-corrected chi connectivity index (χ0v) is 14.8. The first-order valence-corrected chi connectivity index (χ1v) is 8.56. The molecule has 24 heavy (non-hydrogen) atoms. The minimum absolute atomic E-state index is 0.405. The van der Waals surface area contributed by atoms with E-state index in [2.05, 4.69) is 59.3 Å². The zero-order valence-electron chi connectivity index (χ0n) is 14.8. The van der Waals surface area contributed by atoms with E-state index >= 15 is 0 Å². The van der Waals surface area contributed by atoms with Gasteiger partial charge in [0.05, 0.1) is 0 Å². The van der Waals surface area contributed by atoms with Crippen molar-refractivity contribution in [1.29, 1.82) is 0 Å². The number of rotatable bonds is 7. The van der Waals surface area contributed by atoms with E-state index in [1.54, 1.807) is 0 Å². The van der Waals surface area contributed by atoms with E-state index < -0.39 is 0 Å². The summed E-state index contributed by atoms with van der Waals surface area (Å²) in [5.41, 5.74) is 2.49. The first kappa shape index (κ1) is 16.6. The smallest absolute Gasteiger partial charge is 0.227 e. The largest absolute Gasteiger partial charge is 0.486 e. The number of hydrogen-bond donors (Lipinski definition) is 0. The van der Waals surface area contributed by atoms with E-state index in [9.17, 15) is 0 Å². The summed E-state index contributed by atoms with van der Waals surface area (Å²) >= 11 is 0. The molecule has 1 saturated carbocycles. The number of hydrogen-bond acceptors (Lipinski definition) is 4. The van der Waals surface area contributed by atoms with Gasteiger partial charge in [0, 0.05) is 19.6 Å². The monoisotopic (exact) mass is 326 g/mol. The summed E-state index contributed by atoms with van der Waals surface area (Å²) in [5, 5.41) is 8.74. The Labute approximate surface area is 144 Å². The summed E-state index contributed by atoms with van der Waals surface area (Å²) in [6, 6.07) is 6.71. The number of anilines is 1. The molecule has 1 fully saturated rings. The summed E-state index contributed by atoms with van der Waals surface area (Å²) in [5.74, 6) is 2.59. The topological polar surface area (TPSA) is 43.2 Å². The van der Waals surface area contributed by atoms with Crippen molar-refractivity contribution < 1.29 is 4.74 Å². The average Bonchev–Trinajstić information content (AvgIpc) is 2.90. The molecule has 0 atom stereocenters. The molecular formula is C19H26N4O. The van der Waals surface area contributed by atoms with Gasteiger partial charge in [0.2, 0.25) is 5.95 Å². The second kappa shape index (κ2) is 7.07. The number of nitrogens with zero attached hydrogens (tertiary/aromatic N) is 4. The predicted molar refractivity (Wildman–Crippen MR) is 96.5 cm³/mol. The second-order valence-corrected chi connectivity index (χ2v) is 6.55. The Morgan fingerprint density at radius 3 is 2.71 bits per heavy atom. The third-order valence-corrected chi connectivity index (χ3v) is 4.90. The molecule has 128 valence electrons. The predicted octanol–water partition coefficient (Wildman–Crippen LogP) is 3.65. The molecule has 1 aromatic heterocycles. The molecule has 5 nitrogen and oxygen atoms in total. The van der Waals surface area contributed by atoms with Gasteiger partial charge in [0.1, 0.15) is 12.4 Å². The summed E-state index contributed by atoms with van der Waals surface area (Å²) in [6.45, 7) is 9.14. The van der Waals surface area contributed by atoms with E-state index in [4.69, 9.17) is 4.74 Å². The summed E-state index contributed by atoms with van der Waals surface area (Å²) in [4.78, 5) is 2.24. The highest BCUT2D eigenvalue weighted by atomic mass is 16.5. The fourth-order valence-electron chi connectivity index (χ4n) is 2.90. The average molecular weight is 326 g/mol. The highest BCUT2D eigenvalue weighted by Crippen LogP contribution is 2.28. The molecule has 0 unspecified atom stereocenters. The number of allylic oxidation sites excluding steroid dienone is 1. The minimum atomic E-state index is 0.405. The number of aromatic nitrogens is 3. The maximum Gasteiger partial charge on any atom is 0.227 e. The highest BCUT2D eigenvalue weighted by molar-refractivity contribution is 5.35. The molecule has 0 N–H and O–H groups in total. The second-order valence-electron chi connectivity index (χ2n) is 6.55. The minimum Gasteiger partial charge on any atom is -0.486 e. The Morgan fingerprint density at radius 1 is 1.29 bits per heavy atom. The summed E-state index contributed by atoms with van der Waals surface area (Å²) < 4.78 is 8.02. The third-order valence-electron chi connectivity index (χ3n) is 4.90. The van der Waals surface area contributed by atoms with Crippen LogP contribution in [-0.4, -0.2) is 27.9 Å². The lowest BCUT2D eigenvalue weighted by molar-refractivity contribution is 0.289. The van der Waals surface area contributed by atoms with Crippen LogP contribution < -0.4 is 9.64 Å². The van der Waals surface area contributed by atoms with Crippen LogP contribution in [0.4, 0.5) is 5.95 Å². The standard InChI is InChI=1S/C19H26N4O/c1-5-11-23-18(13-24-17-10-9-14(2)15(3)12-17)20-21-19(23)22(4)16-7-6-8-16/h5,9-10,12,16H,1,6-8,11,13H2,2-4H3. The van der Waals surface area contributed by atoms with Crippen molar-refractivity contribution in [3.63, 3.8) is 0 Å². The highest BCUT2D eigenvalue weighted by Gasteiger charge is 2.26. The van der Waals surface area contributed by atoms with Gasteiger partial charge in [-0.25, -0.2) is 0 Å². The molecule has 0 bridgehead atoms. The molecule has 1 heterocycles. The number of benzene rings is 1. The zero-order chi connectivity index (χ0) is 17.1. The van der Waals surface area contributed by atoms with E-state index in [1.807, 2.05) is 12.1 Å². The molecule has 1 aromatic carbocycles. The van der Waals surface area contributed by atoms with Crippen molar-refractivity contribution >= 4 is 5.95 Å². The molecule has 2 aromatic rings. The van der Waals surface area contributed by atoms with Gasteiger partial charge in [-0.2, -0.15) is 0 Å². The van der Waals surface area contributed by atoms with Gasteiger partial charge < -0.3 is 9.64 Å². The van der Waals surface area contributed by atoms with Gasteiger partial charge in [-0.3, -0.25) is 4.57 Å². The van der Waals surface area contributed by atoms with Crippen LogP contribution in [0.1, 0.15) is 36.2 Å². The van der Waals surface area contributed by atoms with E-state index in [1.165, 1.54) is 30.4 Å². The molecule has 5 heteroatoms. The van der Waals surface area contributed by atoms with E-state index in [-0.39, 0.29) is 0 Å². The fraction of sp³-hybridized carbons (Fsp3) is 0.474. The van der Waals surface area contributed by atoms with E-state index in [0.717, 1.165) is 17.5 Å². The molecule has 1 aliphatic carbocycles. The van der Waals surface area contributed by atoms with Crippen LogP contribution in [0, 0.1) is 13.8 Å². The van der Waals surface area contributed by atoms with Crippen LogP contribution in [0.15, 0.2) is 30.9 Å². The maximum atomic E-state index is 5.93.